The monoisotopic (exact) mass is 404 g/mol. The fourth-order valence-electron chi connectivity index (χ4n) is 5.15. The Morgan fingerprint density at radius 1 is 1.14 bits per heavy atom. The molecule has 0 aromatic carbocycles. The zero-order valence-electron chi connectivity index (χ0n) is 19.2. The molecule has 3 aliphatic rings. The van der Waals surface area contributed by atoms with E-state index in [4.69, 9.17) is 4.43 Å². The average Bonchev–Trinajstić information content (AvgIpc) is 2.68. The molecule has 0 aromatic heterocycles. The van der Waals surface area contributed by atoms with Gasteiger partial charge < -0.3 is 9.53 Å². The van der Waals surface area contributed by atoms with Crippen molar-refractivity contribution in [2.45, 2.75) is 110 Å². The second-order valence-corrected chi connectivity index (χ2v) is 16.3. The minimum atomic E-state index is -2.02. The summed E-state index contributed by atoms with van der Waals surface area (Å²) in [5.41, 5.74) is 1.63. The Labute approximate surface area is 172 Å². The second-order valence-electron chi connectivity index (χ2n) is 11.5. The summed E-state index contributed by atoms with van der Waals surface area (Å²) in [4.78, 5) is 13.4. The van der Waals surface area contributed by atoms with Crippen molar-refractivity contribution in [3.63, 3.8) is 0 Å². The molecule has 0 heterocycles. The van der Waals surface area contributed by atoms with E-state index in [1.807, 2.05) is 13.0 Å². The van der Waals surface area contributed by atoms with Crippen LogP contribution in [0.1, 0.15) is 80.1 Å². The van der Waals surface area contributed by atoms with Gasteiger partial charge >= 0.3 is 0 Å². The molecule has 3 atom stereocenters. The van der Waals surface area contributed by atoms with Crippen LogP contribution in [0.2, 0.25) is 18.1 Å². The third-order valence-electron chi connectivity index (χ3n) is 8.42. The number of rotatable bonds is 2. The SMILES string of the molecule is CC1=C[C@H](O[Si](C)(C)C(C)(C)C)[C@@H]2CC3=C(CCCC3)C[C@](O)(C1=O)C2(C)C. The maximum absolute atomic E-state index is 13.4. The van der Waals surface area contributed by atoms with Gasteiger partial charge in [-0.3, -0.25) is 4.79 Å². The maximum atomic E-state index is 13.4. The molecule has 28 heavy (non-hydrogen) atoms. The van der Waals surface area contributed by atoms with Crippen molar-refractivity contribution in [2.75, 3.05) is 0 Å². The number of aliphatic hydroxyl groups is 1. The third-order valence-corrected chi connectivity index (χ3v) is 12.9. The Kier molecular flexibility index (Phi) is 5.43. The average molecular weight is 405 g/mol. The lowest BCUT2D eigenvalue weighted by atomic mass is 9.62. The maximum Gasteiger partial charge on any atom is 0.192 e. The van der Waals surface area contributed by atoms with Crippen molar-refractivity contribution in [1.82, 2.24) is 0 Å². The van der Waals surface area contributed by atoms with Crippen LogP contribution in [0.15, 0.2) is 22.8 Å². The smallest absolute Gasteiger partial charge is 0.192 e. The Bertz CT molecular complexity index is 723. The summed E-state index contributed by atoms with van der Waals surface area (Å²) in [7, 11) is -2.02. The van der Waals surface area contributed by atoms with E-state index in [-0.39, 0.29) is 22.8 Å². The molecule has 0 radical (unpaired) electrons. The number of hydrogen-bond acceptors (Lipinski definition) is 3. The van der Waals surface area contributed by atoms with Gasteiger partial charge in [-0.1, -0.05) is 51.8 Å². The largest absolute Gasteiger partial charge is 0.410 e. The Morgan fingerprint density at radius 2 is 1.71 bits per heavy atom. The highest BCUT2D eigenvalue weighted by Crippen LogP contribution is 2.55. The van der Waals surface area contributed by atoms with Crippen LogP contribution in [0.5, 0.6) is 0 Å². The summed E-state index contributed by atoms with van der Waals surface area (Å²) in [6, 6.07) is 0. The van der Waals surface area contributed by atoms with E-state index in [2.05, 4.69) is 47.7 Å². The summed E-state index contributed by atoms with van der Waals surface area (Å²) in [6.45, 7) is 17.4. The fraction of sp³-hybridized carbons (Fsp3) is 0.792. The minimum absolute atomic E-state index is 0.0943. The summed E-state index contributed by atoms with van der Waals surface area (Å²) >= 11 is 0. The van der Waals surface area contributed by atoms with Crippen LogP contribution >= 0.6 is 0 Å². The highest BCUT2D eigenvalue weighted by atomic mass is 28.4. The number of fused-ring (bicyclic) bond motifs is 2. The van der Waals surface area contributed by atoms with Gasteiger partial charge in [-0.2, -0.15) is 0 Å². The normalized spacial score (nSPS) is 33.8. The molecular weight excluding hydrogens is 364 g/mol. The molecule has 4 heteroatoms. The summed E-state index contributed by atoms with van der Waals surface area (Å²) in [5, 5.41) is 12.0. The first kappa shape index (κ1) is 22.0. The lowest BCUT2D eigenvalue weighted by Crippen LogP contribution is -2.56. The van der Waals surface area contributed by atoms with E-state index in [0.717, 1.165) is 19.3 Å². The number of carbonyl (C=O) groups is 1. The zero-order chi connectivity index (χ0) is 21.1. The molecule has 3 aliphatic carbocycles. The fourth-order valence-corrected chi connectivity index (χ4v) is 6.42. The first-order chi connectivity index (χ1) is 12.7. The van der Waals surface area contributed by atoms with Gasteiger partial charge in [0.15, 0.2) is 14.1 Å². The molecule has 2 bridgehead atoms. The molecule has 0 fully saturated rings. The molecule has 0 spiro atoms. The minimum Gasteiger partial charge on any atom is -0.410 e. The highest BCUT2D eigenvalue weighted by Gasteiger charge is 2.59. The van der Waals surface area contributed by atoms with E-state index in [1.54, 1.807) is 0 Å². The first-order valence-electron chi connectivity index (χ1n) is 11.0. The van der Waals surface area contributed by atoms with Crippen LogP contribution in [0.4, 0.5) is 0 Å². The van der Waals surface area contributed by atoms with Gasteiger partial charge in [-0.15, -0.1) is 0 Å². The number of carbonyl (C=O) groups excluding carboxylic acids is 1. The first-order valence-corrected chi connectivity index (χ1v) is 13.9. The van der Waals surface area contributed by atoms with Crippen LogP contribution in [-0.4, -0.2) is 30.9 Å². The standard InChI is InChI=1S/C24H40O3Si/c1-16-13-20(27-28(7,8)22(2,3)4)19-14-17-11-9-10-12-18(17)15-24(26,21(16)25)23(19,5)6/h13,19-20,26H,9-12,14-15H2,1-8H3/t19-,20-,24-/m0/s1. The predicted molar refractivity (Wildman–Crippen MR) is 118 cm³/mol. The van der Waals surface area contributed by atoms with Gasteiger partial charge in [0.1, 0.15) is 5.60 Å². The Hall–Kier alpha value is -0.713. The van der Waals surface area contributed by atoms with E-state index < -0.39 is 19.3 Å². The Balaban J connectivity index is 2.12. The van der Waals surface area contributed by atoms with Crippen molar-refractivity contribution in [2.24, 2.45) is 11.3 Å². The molecular formula is C24H40O3Si. The quantitative estimate of drug-likeness (QED) is 0.457. The van der Waals surface area contributed by atoms with Crippen LogP contribution in [0.25, 0.3) is 0 Å². The van der Waals surface area contributed by atoms with Crippen molar-refractivity contribution in [1.29, 1.82) is 0 Å². The molecule has 158 valence electrons. The van der Waals surface area contributed by atoms with Crippen molar-refractivity contribution in [3.8, 4) is 0 Å². The highest BCUT2D eigenvalue weighted by molar-refractivity contribution is 6.74. The van der Waals surface area contributed by atoms with Gasteiger partial charge in [0.25, 0.3) is 0 Å². The van der Waals surface area contributed by atoms with Gasteiger partial charge in [-0.05, 0) is 68.7 Å². The Morgan fingerprint density at radius 3 is 2.29 bits per heavy atom. The van der Waals surface area contributed by atoms with Gasteiger partial charge in [0.2, 0.25) is 0 Å². The molecule has 0 saturated carbocycles. The second kappa shape index (κ2) is 6.92. The van der Waals surface area contributed by atoms with Gasteiger partial charge in [0, 0.05) is 11.8 Å². The molecule has 0 unspecified atom stereocenters. The summed E-state index contributed by atoms with van der Waals surface area (Å²) in [6.07, 6.45) is 7.91. The lowest BCUT2D eigenvalue weighted by Gasteiger charge is -2.48. The predicted octanol–water partition coefficient (Wildman–Crippen LogP) is 5.94. The van der Waals surface area contributed by atoms with Crippen LogP contribution in [-0.2, 0) is 9.22 Å². The topological polar surface area (TPSA) is 46.5 Å². The summed E-state index contributed by atoms with van der Waals surface area (Å²) < 4.78 is 6.92. The van der Waals surface area contributed by atoms with Crippen molar-refractivity contribution >= 4 is 14.1 Å². The molecule has 1 N–H and O–H groups in total. The van der Waals surface area contributed by atoms with Crippen molar-refractivity contribution in [3.05, 3.63) is 22.8 Å². The number of allylic oxidation sites excluding steroid dienone is 1. The van der Waals surface area contributed by atoms with E-state index in [0.29, 0.717) is 12.0 Å². The van der Waals surface area contributed by atoms with E-state index in [9.17, 15) is 9.90 Å². The lowest BCUT2D eigenvalue weighted by molar-refractivity contribution is -0.154. The van der Waals surface area contributed by atoms with Crippen LogP contribution < -0.4 is 0 Å². The molecule has 0 amide bonds. The van der Waals surface area contributed by atoms with E-state index >= 15 is 0 Å². The number of hydrogen-bond donors (Lipinski definition) is 1. The molecule has 0 aliphatic heterocycles. The summed E-state index contributed by atoms with van der Waals surface area (Å²) in [5.74, 6) is 0.0155. The van der Waals surface area contributed by atoms with Crippen LogP contribution in [0.3, 0.4) is 0 Å². The van der Waals surface area contributed by atoms with E-state index in [1.165, 1.54) is 24.0 Å². The molecule has 0 saturated heterocycles. The van der Waals surface area contributed by atoms with Gasteiger partial charge in [0.05, 0.1) is 6.10 Å². The molecule has 3 rings (SSSR count). The van der Waals surface area contributed by atoms with Crippen molar-refractivity contribution < 1.29 is 14.3 Å². The van der Waals surface area contributed by atoms with Gasteiger partial charge in [-0.25, -0.2) is 0 Å². The zero-order valence-corrected chi connectivity index (χ0v) is 20.2. The van der Waals surface area contributed by atoms with Crippen LogP contribution in [0, 0.1) is 11.3 Å². The third kappa shape index (κ3) is 3.39. The molecule has 0 aromatic rings. The molecule has 3 nitrogen and oxygen atoms in total. The number of Topliss-reactive ketones (excluding diaryl/α,β-unsaturated/α-hetero) is 1. The number of ketones is 1.